The van der Waals surface area contributed by atoms with E-state index in [0.29, 0.717) is 6.42 Å². The molecule has 1 unspecified atom stereocenters. The summed E-state index contributed by atoms with van der Waals surface area (Å²) in [5.74, 6) is 0. The molecule has 0 aromatic carbocycles. The molecule has 17 heavy (non-hydrogen) atoms. The van der Waals surface area contributed by atoms with E-state index in [4.69, 9.17) is 0 Å². The second kappa shape index (κ2) is 5.10. The van der Waals surface area contributed by atoms with Crippen molar-refractivity contribution in [3.05, 3.63) is 47.5 Å². The molecule has 0 aliphatic heterocycles. The SMILES string of the molecule is Cc1ccnc(C(O)CCc2cnn(C)c2)c1. The van der Waals surface area contributed by atoms with Gasteiger partial charge in [-0.1, -0.05) is 0 Å². The van der Waals surface area contributed by atoms with Crippen LogP contribution in [0.5, 0.6) is 0 Å². The highest BCUT2D eigenvalue weighted by Crippen LogP contribution is 2.17. The van der Waals surface area contributed by atoms with E-state index in [1.165, 1.54) is 0 Å². The number of nitrogens with zero attached hydrogens (tertiary/aromatic N) is 3. The Morgan fingerprint density at radius 3 is 2.94 bits per heavy atom. The van der Waals surface area contributed by atoms with Gasteiger partial charge in [0.1, 0.15) is 0 Å². The topological polar surface area (TPSA) is 50.9 Å². The number of hydrogen-bond acceptors (Lipinski definition) is 3. The van der Waals surface area contributed by atoms with E-state index >= 15 is 0 Å². The van der Waals surface area contributed by atoms with E-state index in [1.807, 2.05) is 38.5 Å². The molecule has 0 amide bonds. The van der Waals surface area contributed by atoms with Crippen molar-refractivity contribution in [2.75, 3.05) is 0 Å². The van der Waals surface area contributed by atoms with Crippen LogP contribution in [0.25, 0.3) is 0 Å². The summed E-state index contributed by atoms with van der Waals surface area (Å²) in [6.45, 7) is 2.00. The number of pyridine rings is 1. The summed E-state index contributed by atoms with van der Waals surface area (Å²) in [6.07, 6.45) is 6.51. The lowest BCUT2D eigenvalue weighted by molar-refractivity contribution is 0.163. The third-order valence-corrected chi connectivity index (χ3v) is 2.74. The lowest BCUT2D eigenvalue weighted by atomic mass is 10.1. The molecule has 0 radical (unpaired) electrons. The van der Waals surface area contributed by atoms with Crippen LogP contribution in [-0.2, 0) is 13.5 Å². The normalized spacial score (nSPS) is 12.6. The van der Waals surface area contributed by atoms with E-state index in [1.54, 1.807) is 10.9 Å². The maximum Gasteiger partial charge on any atom is 0.0963 e. The fraction of sp³-hybridized carbons (Fsp3) is 0.385. The summed E-state index contributed by atoms with van der Waals surface area (Å²) < 4.78 is 1.77. The number of aryl methyl sites for hydroxylation is 3. The Labute approximate surface area is 101 Å². The van der Waals surface area contributed by atoms with Crippen LogP contribution in [0.15, 0.2) is 30.7 Å². The Balaban J connectivity index is 1.95. The average Bonchev–Trinajstić information content (AvgIpc) is 2.72. The zero-order valence-corrected chi connectivity index (χ0v) is 10.2. The van der Waals surface area contributed by atoms with Crippen LogP contribution in [-0.4, -0.2) is 19.9 Å². The van der Waals surface area contributed by atoms with Crippen LogP contribution in [0.4, 0.5) is 0 Å². The highest BCUT2D eigenvalue weighted by molar-refractivity contribution is 5.16. The largest absolute Gasteiger partial charge is 0.387 e. The first-order chi connectivity index (χ1) is 8.15. The molecule has 0 aliphatic carbocycles. The van der Waals surface area contributed by atoms with Gasteiger partial charge in [-0.15, -0.1) is 0 Å². The van der Waals surface area contributed by atoms with Crippen molar-refractivity contribution in [3.8, 4) is 0 Å². The Kier molecular flexibility index (Phi) is 3.54. The van der Waals surface area contributed by atoms with Crippen molar-refractivity contribution in [1.82, 2.24) is 14.8 Å². The zero-order chi connectivity index (χ0) is 12.3. The molecule has 0 aliphatic rings. The molecule has 0 saturated carbocycles. The first-order valence-electron chi connectivity index (χ1n) is 5.73. The molecule has 90 valence electrons. The van der Waals surface area contributed by atoms with Crippen molar-refractivity contribution in [1.29, 1.82) is 0 Å². The van der Waals surface area contributed by atoms with Gasteiger partial charge in [0.25, 0.3) is 0 Å². The van der Waals surface area contributed by atoms with E-state index in [9.17, 15) is 5.11 Å². The fourth-order valence-electron chi connectivity index (χ4n) is 1.79. The van der Waals surface area contributed by atoms with Crippen molar-refractivity contribution < 1.29 is 5.11 Å². The van der Waals surface area contributed by atoms with Crippen molar-refractivity contribution >= 4 is 0 Å². The first kappa shape index (κ1) is 11.8. The van der Waals surface area contributed by atoms with E-state index in [2.05, 4.69) is 10.1 Å². The molecule has 2 aromatic heterocycles. The van der Waals surface area contributed by atoms with Crippen LogP contribution in [0.2, 0.25) is 0 Å². The standard InChI is InChI=1S/C13H17N3O/c1-10-5-6-14-12(7-10)13(17)4-3-11-8-15-16(2)9-11/h5-9,13,17H,3-4H2,1-2H3. The number of rotatable bonds is 4. The monoisotopic (exact) mass is 231 g/mol. The minimum Gasteiger partial charge on any atom is -0.387 e. The molecule has 0 bridgehead atoms. The molecule has 2 aromatic rings. The van der Waals surface area contributed by atoms with Crippen LogP contribution in [0, 0.1) is 6.92 Å². The Morgan fingerprint density at radius 2 is 2.29 bits per heavy atom. The first-order valence-corrected chi connectivity index (χ1v) is 5.73. The molecular formula is C13H17N3O. The summed E-state index contributed by atoms with van der Waals surface area (Å²) in [7, 11) is 1.89. The molecule has 2 rings (SSSR count). The predicted octanol–water partition coefficient (Wildman–Crippen LogP) is 1.79. The number of aliphatic hydroxyl groups excluding tert-OH is 1. The van der Waals surface area contributed by atoms with Gasteiger partial charge in [0.15, 0.2) is 0 Å². The van der Waals surface area contributed by atoms with E-state index in [0.717, 1.165) is 23.2 Å². The summed E-state index contributed by atoms with van der Waals surface area (Å²) in [4.78, 5) is 4.19. The molecule has 1 N–H and O–H groups in total. The van der Waals surface area contributed by atoms with E-state index < -0.39 is 6.10 Å². The molecule has 0 spiro atoms. The third-order valence-electron chi connectivity index (χ3n) is 2.74. The summed E-state index contributed by atoms with van der Waals surface area (Å²) in [6, 6.07) is 3.85. The van der Waals surface area contributed by atoms with Gasteiger partial charge in [-0.25, -0.2) is 0 Å². The van der Waals surface area contributed by atoms with Gasteiger partial charge in [0.05, 0.1) is 18.0 Å². The van der Waals surface area contributed by atoms with Crippen LogP contribution in [0.3, 0.4) is 0 Å². The van der Waals surface area contributed by atoms with Crippen LogP contribution < -0.4 is 0 Å². The number of aliphatic hydroxyl groups is 1. The van der Waals surface area contributed by atoms with Crippen LogP contribution in [0.1, 0.15) is 29.3 Å². The van der Waals surface area contributed by atoms with Gasteiger partial charge in [0, 0.05) is 19.4 Å². The molecule has 4 heteroatoms. The minimum atomic E-state index is -0.505. The predicted molar refractivity (Wildman–Crippen MR) is 65.5 cm³/mol. The second-order valence-corrected chi connectivity index (χ2v) is 4.33. The lowest BCUT2D eigenvalue weighted by Gasteiger charge is -2.09. The Bertz CT molecular complexity index is 493. The Hall–Kier alpha value is -1.68. The highest BCUT2D eigenvalue weighted by Gasteiger charge is 2.09. The summed E-state index contributed by atoms with van der Waals surface area (Å²) in [5, 5.41) is 14.1. The smallest absolute Gasteiger partial charge is 0.0963 e. The summed E-state index contributed by atoms with van der Waals surface area (Å²) >= 11 is 0. The molecule has 0 fully saturated rings. The van der Waals surface area contributed by atoms with Gasteiger partial charge < -0.3 is 5.11 Å². The molecule has 0 saturated heterocycles. The fourth-order valence-corrected chi connectivity index (χ4v) is 1.79. The van der Waals surface area contributed by atoms with Gasteiger partial charge in [-0.2, -0.15) is 5.10 Å². The van der Waals surface area contributed by atoms with Gasteiger partial charge in [-0.3, -0.25) is 9.67 Å². The molecule has 2 heterocycles. The van der Waals surface area contributed by atoms with Gasteiger partial charge >= 0.3 is 0 Å². The second-order valence-electron chi connectivity index (χ2n) is 4.33. The maximum atomic E-state index is 10.0. The van der Waals surface area contributed by atoms with Crippen LogP contribution >= 0.6 is 0 Å². The minimum absolute atomic E-state index is 0.505. The molecule has 1 atom stereocenters. The average molecular weight is 231 g/mol. The zero-order valence-electron chi connectivity index (χ0n) is 10.2. The highest BCUT2D eigenvalue weighted by atomic mass is 16.3. The lowest BCUT2D eigenvalue weighted by Crippen LogP contribution is -2.02. The van der Waals surface area contributed by atoms with Crippen molar-refractivity contribution in [2.24, 2.45) is 7.05 Å². The Morgan fingerprint density at radius 1 is 1.47 bits per heavy atom. The molecule has 4 nitrogen and oxygen atoms in total. The maximum absolute atomic E-state index is 10.0. The molecular weight excluding hydrogens is 214 g/mol. The quantitative estimate of drug-likeness (QED) is 0.872. The van der Waals surface area contributed by atoms with Crippen molar-refractivity contribution in [2.45, 2.75) is 25.9 Å². The third kappa shape index (κ3) is 3.14. The number of aromatic nitrogens is 3. The van der Waals surface area contributed by atoms with E-state index in [-0.39, 0.29) is 0 Å². The summed E-state index contributed by atoms with van der Waals surface area (Å²) in [5.41, 5.74) is 3.00. The van der Waals surface area contributed by atoms with Gasteiger partial charge in [0.2, 0.25) is 0 Å². The van der Waals surface area contributed by atoms with Gasteiger partial charge in [-0.05, 0) is 43.0 Å². The number of hydrogen-bond donors (Lipinski definition) is 1. The van der Waals surface area contributed by atoms with Crippen molar-refractivity contribution in [3.63, 3.8) is 0 Å².